The molecule has 4 saturated carbocycles. The molecule has 5 nitrogen and oxygen atoms in total. The number of halogens is 1. The summed E-state index contributed by atoms with van der Waals surface area (Å²) in [6.45, 7) is 4.57. The van der Waals surface area contributed by atoms with E-state index < -0.39 is 11.3 Å². The van der Waals surface area contributed by atoms with Crippen LogP contribution in [0.4, 0.5) is 15.8 Å². The zero-order valence-corrected chi connectivity index (χ0v) is 19.9. The van der Waals surface area contributed by atoms with Gasteiger partial charge in [0.15, 0.2) is 5.78 Å². The number of aliphatic hydroxyl groups is 1. The van der Waals surface area contributed by atoms with Gasteiger partial charge in [0.25, 0.3) is 0 Å². The molecule has 0 spiro atoms. The van der Waals surface area contributed by atoms with Crippen LogP contribution >= 0.6 is 0 Å². The van der Waals surface area contributed by atoms with E-state index in [2.05, 4.69) is 17.9 Å². The molecule has 0 unspecified atom stereocenters. The second kappa shape index (κ2) is 7.42. The molecule has 0 saturated heterocycles. The topological polar surface area (TPSA) is 64.6 Å². The van der Waals surface area contributed by atoms with Crippen molar-refractivity contribution in [1.29, 1.82) is 0 Å². The van der Waals surface area contributed by atoms with Crippen LogP contribution in [0.2, 0.25) is 0 Å². The number of nitrogens with zero attached hydrogens (tertiary/aromatic N) is 1. The summed E-state index contributed by atoms with van der Waals surface area (Å²) >= 11 is 0. The maximum Gasteiger partial charge on any atom is 0.157 e. The summed E-state index contributed by atoms with van der Waals surface area (Å²) in [4.78, 5) is 13.6. The van der Waals surface area contributed by atoms with Crippen molar-refractivity contribution in [3.63, 3.8) is 0 Å². The number of hydrogen-bond acceptors (Lipinski definition) is 5. The number of ketones is 1. The van der Waals surface area contributed by atoms with E-state index >= 15 is 4.39 Å². The Balaban J connectivity index is 1.19. The Morgan fingerprint density at radius 1 is 1.09 bits per heavy atom. The van der Waals surface area contributed by atoms with Crippen molar-refractivity contribution in [2.75, 3.05) is 17.0 Å². The molecule has 1 aromatic rings. The van der Waals surface area contributed by atoms with Gasteiger partial charge in [-0.3, -0.25) is 9.80 Å². The summed E-state index contributed by atoms with van der Waals surface area (Å²) in [5.74, 6) is 1.30. The van der Waals surface area contributed by atoms with Crippen molar-refractivity contribution >= 4 is 17.2 Å². The minimum Gasteiger partial charge on any atom is -0.390 e. The van der Waals surface area contributed by atoms with Crippen molar-refractivity contribution in [3.05, 3.63) is 24.3 Å². The first-order valence-corrected chi connectivity index (χ1v) is 13.0. The van der Waals surface area contributed by atoms with E-state index in [0.717, 1.165) is 49.9 Å². The predicted molar refractivity (Wildman–Crippen MR) is 127 cm³/mol. The molecule has 4 fully saturated rings. The van der Waals surface area contributed by atoms with E-state index in [9.17, 15) is 9.90 Å². The second-order valence-electron chi connectivity index (χ2n) is 12.3. The molecule has 8 atom stereocenters. The molecule has 33 heavy (non-hydrogen) atoms. The number of benzene rings is 1. The number of carbonyl (C=O) groups is 1. The standard InChI is InChI=1S/C27H38FN3O2/c1-25(33)13-14-27(28)17(15-25)7-8-18-19-9-10-21(26(19,2)12-11-20(18)27)24(32)16-31-23-6-4-3-5-22(23)29-30-31/h3-6,17-21,29-30,33H,7-16H2,1-2H3/t17-,18+,19+,20+,21-,25-,26+,27-/m1/s1. The fraction of sp³-hybridized carbons (Fsp3) is 0.741. The van der Waals surface area contributed by atoms with Gasteiger partial charge in [-0.1, -0.05) is 19.1 Å². The summed E-state index contributed by atoms with van der Waals surface area (Å²) in [5.41, 5.74) is 6.45. The van der Waals surface area contributed by atoms with E-state index in [4.69, 9.17) is 0 Å². The molecule has 3 N–H and O–H groups in total. The van der Waals surface area contributed by atoms with Crippen molar-refractivity contribution in [1.82, 2.24) is 5.53 Å². The fourth-order valence-corrected chi connectivity index (χ4v) is 8.90. The number of carbonyl (C=O) groups excluding carboxylic acids is 1. The molecule has 180 valence electrons. The van der Waals surface area contributed by atoms with E-state index in [1.165, 1.54) is 0 Å². The lowest BCUT2D eigenvalue weighted by molar-refractivity contribution is -0.165. The van der Waals surface area contributed by atoms with Crippen LogP contribution in [0.1, 0.15) is 71.6 Å². The molecule has 0 aromatic heterocycles. The van der Waals surface area contributed by atoms with Gasteiger partial charge in [0.05, 0.1) is 23.5 Å². The highest BCUT2D eigenvalue weighted by Gasteiger charge is 2.63. The van der Waals surface area contributed by atoms with Gasteiger partial charge < -0.3 is 10.5 Å². The van der Waals surface area contributed by atoms with Gasteiger partial charge in [-0.25, -0.2) is 4.39 Å². The zero-order chi connectivity index (χ0) is 23.0. The summed E-state index contributed by atoms with van der Waals surface area (Å²) in [6, 6.07) is 8.02. The normalized spacial score (nSPS) is 46.1. The highest BCUT2D eigenvalue weighted by molar-refractivity contribution is 5.88. The van der Waals surface area contributed by atoms with Gasteiger partial charge in [-0.2, -0.15) is 0 Å². The maximum absolute atomic E-state index is 16.5. The quantitative estimate of drug-likeness (QED) is 0.597. The Bertz CT molecular complexity index is 953. The van der Waals surface area contributed by atoms with Crippen molar-refractivity contribution in [2.45, 2.75) is 82.9 Å². The van der Waals surface area contributed by atoms with E-state index in [-0.39, 0.29) is 23.2 Å². The largest absolute Gasteiger partial charge is 0.390 e. The van der Waals surface area contributed by atoms with Crippen LogP contribution < -0.4 is 16.0 Å². The number of hydrazine groups is 2. The first kappa shape index (κ1) is 21.8. The smallest absolute Gasteiger partial charge is 0.157 e. The monoisotopic (exact) mass is 455 g/mol. The van der Waals surface area contributed by atoms with Crippen LogP contribution in [-0.4, -0.2) is 28.7 Å². The number of fused-ring (bicyclic) bond motifs is 6. The van der Waals surface area contributed by atoms with Crippen LogP contribution in [0.3, 0.4) is 0 Å². The molecule has 1 heterocycles. The van der Waals surface area contributed by atoms with Gasteiger partial charge in [0.1, 0.15) is 5.67 Å². The number of para-hydroxylation sites is 2. The molecule has 1 aromatic carbocycles. The molecule has 5 aliphatic rings. The molecule has 0 bridgehead atoms. The number of hydrogen-bond donors (Lipinski definition) is 3. The Morgan fingerprint density at radius 2 is 1.91 bits per heavy atom. The van der Waals surface area contributed by atoms with E-state index in [0.29, 0.717) is 43.4 Å². The van der Waals surface area contributed by atoms with Gasteiger partial charge in [-0.05, 0) is 106 Å². The van der Waals surface area contributed by atoms with Crippen LogP contribution in [0.15, 0.2) is 24.3 Å². The summed E-state index contributed by atoms with van der Waals surface area (Å²) in [6.07, 6.45) is 7.46. The SMILES string of the molecule is C[C@@]1(O)CC[C@@]2(F)[C@H](CC[C@H]3[C@@H]4CC[C@H](C(=O)CN5NNc6ccccc65)[C@@]4(C)CC[C@@H]32)C1. The number of rotatable bonds is 3. The first-order chi connectivity index (χ1) is 15.7. The molecule has 1 aliphatic heterocycles. The van der Waals surface area contributed by atoms with Gasteiger partial charge in [-0.15, -0.1) is 5.53 Å². The molecular formula is C27H38FN3O2. The Labute approximate surface area is 196 Å². The average Bonchev–Trinajstić information content (AvgIpc) is 3.35. The lowest BCUT2D eigenvalue weighted by Crippen LogP contribution is -2.58. The summed E-state index contributed by atoms with van der Waals surface area (Å²) in [5, 5.41) is 12.5. The van der Waals surface area contributed by atoms with Crippen LogP contribution in [0.5, 0.6) is 0 Å². The third kappa shape index (κ3) is 3.27. The van der Waals surface area contributed by atoms with Crippen LogP contribution in [0, 0.1) is 35.0 Å². The van der Waals surface area contributed by atoms with Crippen molar-refractivity contribution < 1.29 is 14.3 Å². The Kier molecular flexibility index (Phi) is 4.91. The summed E-state index contributed by atoms with van der Waals surface area (Å²) in [7, 11) is 0. The van der Waals surface area contributed by atoms with Crippen molar-refractivity contribution in [3.8, 4) is 0 Å². The fourth-order valence-electron chi connectivity index (χ4n) is 8.90. The third-order valence-electron chi connectivity index (χ3n) is 10.5. The number of nitrogens with one attached hydrogen (secondary N) is 2. The minimum atomic E-state index is -1.12. The molecule has 6 heteroatoms. The average molecular weight is 456 g/mol. The highest BCUT2D eigenvalue weighted by atomic mass is 19.1. The maximum atomic E-state index is 16.5. The van der Waals surface area contributed by atoms with Crippen LogP contribution in [-0.2, 0) is 4.79 Å². The zero-order valence-electron chi connectivity index (χ0n) is 19.9. The summed E-state index contributed by atoms with van der Waals surface area (Å²) < 4.78 is 16.5. The van der Waals surface area contributed by atoms with Gasteiger partial charge in [0, 0.05) is 5.92 Å². The molecular weight excluding hydrogens is 417 g/mol. The van der Waals surface area contributed by atoms with E-state index in [1.807, 2.05) is 36.2 Å². The second-order valence-corrected chi connectivity index (χ2v) is 12.3. The van der Waals surface area contributed by atoms with Crippen molar-refractivity contribution in [2.24, 2.45) is 35.0 Å². The minimum absolute atomic E-state index is 0.000465. The molecule has 6 rings (SSSR count). The molecule has 4 aliphatic carbocycles. The predicted octanol–water partition coefficient (Wildman–Crippen LogP) is 5.02. The van der Waals surface area contributed by atoms with Crippen LogP contribution in [0.25, 0.3) is 0 Å². The van der Waals surface area contributed by atoms with Gasteiger partial charge >= 0.3 is 0 Å². The molecule has 0 amide bonds. The first-order valence-electron chi connectivity index (χ1n) is 13.0. The molecule has 0 radical (unpaired) electrons. The number of alkyl halides is 1. The highest BCUT2D eigenvalue weighted by Crippen LogP contribution is 2.66. The lowest BCUT2D eigenvalue weighted by Gasteiger charge is -2.59. The van der Waals surface area contributed by atoms with E-state index in [1.54, 1.807) is 0 Å². The lowest BCUT2D eigenvalue weighted by atomic mass is 9.48. The number of Topliss-reactive ketones (excluding diaryl/α,β-unsaturated/α-hetero) is 1. The van der Waals surface area contributed by atoms with Gasteiger partial charge in [0.2, 0.25) is 0 Å². The third-order valence-corrected chi connectivity index (χ3v) is 10.5. The number of anilines is 2. The Morgan fingerprint density at radius 3 is 2.76 bits per heavy atom. The Hall–Kier alpha value is -1.66.